The van der Waals surface area contributed by atoms with Crippen LogP contribution in [0.15, 0.2) is 76.7 Å². The molecule has 7 rings (SSSR count). The molecular formula is C29H20F4N2O4. The lowest BCUT2D eigenvalue weighted by Gasteiger charge is -2.49. The van der Waals surface area contributed by atoms with E-state index >= 15 is 0 Å². The third-order valence-electron chi connectivity index (χ3n) is 7.63. The van der Waals surface area contributed by atoms with Crippen LogP contribution in [-0.2, 0) is 19.8 Å². The lowest BCUT2D eigenvalue weighted by molar-refractivity contribution is -0.124. The van der Waals surface area contributed by atoms with Crippen molar-refractivity contribution < 1.29 is 36.5 Å². The number of azo groups is 1. The zero-order valence-electron chi connectivity index (χ0n) is 20.6. The van der Waals surface area contributed by atoms with E-state index in [1.165, 1.54) is 0 Å². The average molecular weight is 536 g/mol. The maximum absolute atomic E-state index is 14.5. The molecule has 1 saturated heterocycles. The summed E-state index contributed by atoms with van der Waals surface area (Å²) in [5, 5.41) is 7.48. The maximum Gasteiger partial charge on any atom is 0.197 e. The number of epoxide rings is 1. The second-order valence-electron chi connectivity index (χ2n) is 9.72. The van der Waals surface area contributed by atoms with Crippen molar-refractivity contribution in [3.05, 3.63) is 112 Å². The Bertz CT molecular complexity index is 1610. The minimum Gasteiger partial charge on any atom is -0.497 e. The minimum atomic E-state index is -1.82. The van der Waals surface area contributed by atoms with Crippen LogP contribution in [0.5, 0.6) is 5.75 Å². The van der Waals surface area contributed by atoms with Gasteiger partial charge >= 0.3 is 0 Å². The molecule has 5 atom stereocenters. The summed E-state index contributed by atoms with van der Waals surface area (Å²) in [7, 11) is 1.56. The fourth-order valence-corrected chi connectivity index (χ4v) is 5.68. The lowest BCUT2D eigenvalue weighted by atomic mass is 9.67. The highest BCUT2D eigenvalue weighted by atomic mass is 19.2. The fraction of sp³-hybridized carbons (Fsp3) is 0.241. The van der Waals surface area contributed by atoms with Crippen molar-refractivity contribution in [2.45, 2.75) is 31.0 Å². The quantitative estimate of drug-likeness (QED) is 0.118. The first kappa shape index (κ1) is 24.1. The van der Waals surface area contributed by atoms with Crippen LogP contribution in [0.2, 0.25) is 0 Å². The van der Waals surface area contributed by atoms with Crippen molar-refractivity contribution in [3.8, 4) is 5.75 Å². The van der Waals surface area contributed by atoms with Gasteiger partial charge in [-0.15, -0.1) is 5.11 Å². The summed E-state index contributed by atoms with van der Waals surface area (Å²) in [5.74, 6) is -5.75. The molecule has 198 valence electrons. The fourth-order valence-electron chi connectivity index (χ4n) is 5.68. The number of rotatable bonds is 3. The van der Waals surface area contributed by atoms with Crippen molar-refractivity contribution in [1.29, 1.82) is 0 Å². The summed E-state index contributed by atoms with van der Waals surface area (Å²) in [6, 6.07) is 12.8. The minimum absolute atomic E-state index is 0.147. The average Bonchev–Trinajstić information content (AvgIpc) is 3.74. The van der Waals surface area contributed by atoms with Gasteiger partial charge in [-0.1, -0.05) is 30.3 Å². The number of hydrogen-bond donors (Lipinski definition) is 0. The molecule has 3 aromatic rings. The molecule has 1 spiro atoms. The molecule has 4 aliphatic rings. The van der Waals surface area contributed by atoms with Gasteiger partial charge in [0.05, 0.1) is 18.7 Å². The second kappa shape index (κ2) is 8.49. The molecule has 0 amide bonds. The summed E-state index contributed by atoms with van der Waals surface area (Å²) in [6.45, 7) is 0.991. The highest BCUT2D eigenvalue weighted by Crippen LogP contribution is 2.61. The van der Waals surface area contributed by atoms with Crippen LogP contribution in [0.3, 0.4) is 0 Å². The molecule has 10 heteroatoms. The van der Waals surface area contributed by atoms with Gasteiger partial charge in [0.15, 0.2) is 35.2 Å². The van der Waals surface area contributed by atoms with E-state index in [4.69, 9.17) is 18.9 Å². The summed E-state index contributed by atoms with van der Waals surface area (Å²) in [4.78, 5) is 0. The van der Waals surface area contributed by atoms with E-state index in [9.17, 15) is 17.6 Å². The van der Waals surface area contributed by atoms with Gasteiger partial charge in [0, 0.05) is 17.2 Å². The van der Waals surface area contributed by atoms with Gasteiger partial charge < -0.3 is 18.9 Å². The molecule has 0 N–H and O–H groups in total. The highest BCUT2D eigenvalue weighted by Gasteiger charge is 2.62. The summed E-state index contributed by atoms with van der Waals surface area (Å²) in [6.07, 6.45) is 4.66. The largest absolute Gasteiger partial charge is 0.497 e. The number of methoxy groups -OCH3 is 1. The summed E-state index contributed by atoms with van der Waals surface area (Å²) >= 11 is 0. The van der Waals surface area contributed by atoms with Gasteiger partial charge in [0.25, 0.3) is 0 Å². The second-order valence-corrected chi connectivity index (χ2v) is 9.72. The first-order valence-electron chi connectivity index (χ1n) is 12.3. The Hall–Kier alpha value is -4.02. The topological polar surface area (TPSA) is 64.9 Å². The number of hydrogen-bond acceptors (Lipinski definition) is 6. The molecule has 0 radical (unpaired) electrons. The monoisotopic (exact) mass is 536 g/mol. The molecule has 0 bridgehead atoms. The summed E-state index contributed by atoms with van der Waals surface area (Å²) < 4.78 is 80.6. The zero-order valence-corrected chi connectivity index (χ0v) is 20.6. The maximum atomic E-state index is 14.5. The van der Waals surface area contributed by atoms with Gasteiger partial charge in [-0.2, -0.15) is 5.11 Å². The van der Waals surface area contributed by atoms with Crippen molar-refractivity contribution in [1.82, 2.24) is 0 Å². The Morgan fingerprint density at radius 1 is 0.923 bits per heavy atom. The van der Waals surface area contributed by atoms with Crippen LogP contribution in [0.1, 0.15) is 28.4 Å². The van der Waals surface area contributed by atoms with E-state index in [1.54, 1.807) is 25.3 Å². The predicted molar refractivity (Wildman–Crippen MR) is 130 cm³/mol. The number of benzene rings is 3. The first-order chi connectivity index (χ1) is 18.8. The van der Waals surface area contributed by atoms with E-state index in [0.717, 1.165) is 18.1 Å². The normalized spacial score (nSPS) is 27.8. The SMILES string of the molecule is COC1=CC2Oc3cc(N=Nc4c(F)c(C)c(F)c(F)c4F)ccc3C3(OC4OC4c4ccccc43)C2C=C1. The first-order valence-corrected chi connectivity index (χ1v) is 12.3. The van der Waals surface area contributed by atoms with E-state index < -0.39 is 52.5 Å². The third kappa shape index (κ3) is 3.41. The molecular weight excluding hydrogens is 516 g/mol. The Labute approximate surface area is 220 Å². The number of fused-ring (bicyclic) bond motifs is 8. The molecule has 0 saturated carbocycles. The van der Waals surface area contributed by atoms with Gasteiger partial charge in [0.2, 0.25) is 0 Å². The molecule has 3 heterocycles. The molecule has 3 aliphatic heterocycles. The van der Waals surface area contributed by atoms with E-state index in [-0.39, 0.29) is 17.7 Å². The third-order valence-corrected chi connectivity index (χ3v) is 7.63. The summed E-state index contributed by atoms with van der Waals surface area (Å²) in [5.41, 5.74) is 0.179. The van der Waals surface area contributed by atoms with Crippen molar-refractivity contribution in [2.24, 2.45) is 16.1 Å². The molecule has 3 aromatic carbocycles. The molecule has 1 fully saturated rings. The number of nitrogens with zero attached hydrogens (tertiary/aromatic N) is 2. The Kier molecular flexibility index (Phi) is 5.24. The van der Waals surface area contributed by atoms with Crippen LogP contribution in [0.4, 0.5) is 28.9 Å². The molecule has 39 heavy (non-hydrogen) atoms. The van der Waals surface area contributed by atoms with Crippen LogP contribution < -0.4 is 4.74 Å². The Morgan fingerprint density at radius 2 is 1.74 bits per heavy atom. The molecule has 1 aliphatic carbocycles. The van der Waals surface area contributed by atoms with Crippen molar-refractivity contribution >= 4 is 11.4 Å². The van der Waals surface area contributed by atoms with E-state index in [0.29, 0.717) is 17.1 Å². The Balaban J connectivity index is 1.36. The smallest absolute Gasteiger partial charge is 0.197 e. The number of allylic oxidation sites excluding steroid dienone is 1. The molecule has 0 aromatic heterocycles. The lowest BCUT2D eigenvalue weighted by Crippen LogP contribution is -2.52. The van der Waals surface area contributed by atoms with Crippen molar-refractivity contribution in [3.63, 3.8) is 0 Å². The van der Waals surface area contributed by atoms with Gasteiger partial charge in [-0.25, -0.2) is 17.6 Å². The standard InChI is InChI=1S/C29H20F4N2O4/c1-13-22(30)24(32)25(33)26(23(13)31)35-34-14-7-9-18-20(11-14)37-21-12-15(36-2)8-10-19(21)29(18)17-6-4-3-5-16(17)27-28(38-27)39-29/h3-12,19,21,27-28H,1-2H3. The molecule has 6 nitrogen and oxygen atoms in total. The van der Waals surface area contributed by atoms with Crippen molar-refractivity contribution in [2.75, 3.05) is 7.11 Å². The highest BCUT2D eigenvalue weighted by molar-refractivity contribution is 5.59. The number of ether oxygens (including phenoxy) is 4. The van der Waals surface area contributed by atoms with Crippen LogP contribution >= 0.6 is 0 Å². The predicted octanol–water partition coefficient (Wildman–Crippen LogP) is 7.12. The van der Waals surface area contributed by atoms with Crippen LogP contribution in [-0.4, -0.2) is 19.5 Å². The van der Waals surface area contributed by atoms with E-state index in [2.05, 4.69) is 10.2 Å². The van der Waals surface area contributed by atoms with Crippen LogP contribution in [0.25, 0.3) is 0 Å². The molecule has 5 unspecified atom stereocenters. The zero-order chi connectivity index (χ0) is 27.1. The van der Waals surface area contributed by atoms with Gasteiger partial charge in [-0.05, 0) is 42.3 Å². The Morgan fingerprint density at radius 3 is 2.56 bits per heavy atom. The van der Waals surface area contributed by atoms with Crippen LogP contribution in [0, 0.1) is 36.1 Å². The van der Waals surface area contributed by atoms with Gasteiger partial charge in [0.1, 0.15) is 29.3 Å². The van der Waals surface area contributed by atoms with E-state index in [1.807, 2.05) is 42.5 Å². The van der Waals surface area contributed by atoms with Gasteiger partial charge in [-0.3, -0.25) is 0 Å². The number of halogens is 4.